The average molecular weight is 259 g/mol. The van der Waals surface area contributed by atoms with Crippen LogP contribution in [0.3, 0.4) is 0 Å². The summed E-state index contributed by atoms with van der Waals surface area (Å²) in [6, 6.07) is 4.92. The Labute approximate surface area is 98.9 Å². The molecule has 1 nitrogen and oxygen atoms in total. The fraction of sp³-hybridized carbons (Fsp3) is 0.0833. The lowest BCUT2D eigenvalue weighted by molar-refractivity contribution is -0.137. The SMILES string of the molecule is Fc1cnc(-c2ccccc2C(F)(F)F)c(F)c1. The number of benzene rings is 1. The van der Waals surface area contributed by atoms with Crippen LogP contribution in [0.2, 0.25) is 0 Å². The molecule has 1 heterocycles. The van der Waals surface area contributed by atoms with Crippen molar-refractivity contribution in [3.05, 3.63) is 53.7 Å². The van der Waals surface area contributed by atoms with Gasteiger partial charge in [-0.15, -0.1) is 0 Å². The first-order valence-corrected chi connectivity index (χ1v) is 4.87. The third kappa shape index (κ3) is 2.32. The molecule has 0 saturated carbocycles. The first kappa shape index (κ1) is 12.5. The van der Waals surface area contributed by atoms with Gasteiger partial charge in [0.05, 0.1) is 11.8 Å². The molecule has 0 unspecified atom stereocenters. The Hall–Kier alpha value is -1.98. The van der Waals surface area contributed by atoms with Crippen molar-refractivity contribution in [2.24, 2.45) is 0 Å². The van der Waals surface area contributed by atoms with E-state index in [0.717, 1.165) is 12.1 Å². The zero-order valence-electron chi connectivity index (χ0n) is 8.80. The van der Waals surface area contributed by atoms with Crippen LogP contribution < -0.4 is 0 Å². The van der Waals surface area contributed by atoms with Crippen LogP contribution in [-0.4, -0.2) is 4.98 Å². The van der Waals surface area contributed by atoms with E-state index in [1.807, 2.05) is 0 Å². The van der Waals surface area contributed by atoms with Crippen molar-refractivity contribution in [3.8, 4) is 11.3 Å². The summed E-state index contributed by atoms with van der Waals surface area (Å²) in [6.07, 6.45) is -3.95. The topological polar surface area (TPSA) is 12.9 Å². The smallest absolute Gasteiger partial charge is 0.250 e. The molecular formula is C12H6F5N. The highest BCUT2D eigenvalue weighted by Crippen LogP contribution is 2.36. The molecular weight excluding hydrogens is 253 g/mol. The highest BCUT2D eigenvalue weighted by atomic mass is 19.4. The summed E-state index contributed by atoms with van der Waals surface area (Å²) in [7, 11) is 0. The Morgan fingerprint density at radius 2 is 1.67 bits per heavy atom. The van der Waals surface area contributed by atoms with E-state index in [1.54, 1.807) is 0 Å². The minimum Gasteiger partial charge on any atom is -0.250 e. The molecule has 0 aliphatic carbocycles. The largest absolute Gasteiger partial charge is 0.417 e. The number of pyridine rings is 1. The predicted octanol–water partition coefficient (Wildman–Crippen LogP) is 4.05. The molecule has 1 aromatic carbocycles. The van der Waals surface area contributed by atoms with Gasteiger partial charge in [0.15, 0.2) is 5.82 Å². The van der Waals surface area contributed by atoms with E-state index in [-0.39, 0.29) is 0 Å². The lowest BCUT2D eigenvalue weighted by Crippen LogP contribution is -2.08. The summed E-state index contributed by atoms with van der Waals surface area (Å²) in [5.41, 5.74) is -1.95. The van der Waals surface area contributed by atoms with Gasteiger partial charge >= 0.3 is 6.18 Å². The van der Waals surface area contributed by atoms with Gasteiger partial charge in [-0.05, 0) is 6.07 Å². The van der Waals surface area contributed by atoms with Crippen LogP contribution in [0.25, 0.3) is 11.3 Å². The molecule has 0 amide bonds. The number of nitrogens with zero attached hydrogens (tertiary/aromatic N) is 1. The highest BCUT2D eigenvalue weighted by Gasteiger charge is 2.34. The van der Waals surface area contributed by atoms with E-state index in [4.69, 9.17) is 0 Å². The summed E-state index contributed by atoms with van der Waals surface area (Å²) in [5.74, 6) is -2.08. The van der Waals surface area contributed by atoms with Gasteiger partial charge in [0.25, 0.3) is 0 Å². The van der Waals surface area contributed by atoms with Gasteiger partial charge in [-0.3, -0.25) is 4.98 Å². The second kappa shape index (κ2) is 4.36. The zero-order valence-corrected chi connectivity index (χ0v) is 8.80. The normalized spacial score (nSPS) is 11.6. The van der Waals surface area contributed by atoms with Gasteiger partial charge in [-0.1, -0.05) is 18.2 Å². The first-order chi connectivity index (χ1) is 8.39. The summed E-state index contributed by atoms with van der Waals surface area (Å²) < 4.78 is 64.3. The third-order valence-corrected chi connectivity index (χ3v) is 2.30. The molecule has 0 aliphatic heterocycles. The molecule has 0 bridgehead atoms. The molecule has 0 aliphatic rings. The van der Waals surface area contributed by atoms with Gasteiger partial charge in [-0.2, -0.15) is 13.2 Å². The van der Waals surface area contributed by atoms with E-state index < -0.39 is 34.6 Å². The molecule has 0 fully saturated rings. The van der Waals surface area contributed by atoms with Crippen LogP contribution in [-0.2, 0) is 6.18 Å². The van der Waals surface area contributed by atoms with Gasteiger partial charge in [0.1, 0.15) is 11.5 Å². The molecule has 0 spiro atoms. The fourth-order valence-corrected chi connectivity index (χ4v) is 1.55. The summed E-state index contributed by atoms with van der Waals surface area (Å²) in [5, 5.41) is 0. The molecule has 0 atom stereocenters. The van der Waals surface area contributed by atoms with Gasteiger partial charge in [0.2, 0.25) is 0 Å². The molecule has 1 aromatic heterocycles. The number of aromatic nitrogens is 1. The summed E-state index contributed by atoms with van der Waals surface area (Å²) in [6.45, 7) is 0. The summed E-state index contributed by atoms with van der Waals surface area (Å²) in [4.78, 5) is 3.37. The number of halogens is 5. The maximum absolute atomic E-state index is 13.4. The minimum absolute atomic E-state index is 0.414. The van der Waals surface area contributed by atoms with E-state index in [0.29, 0.717) is 12.3 Å². The molecule has 18 heavy (non-hydrogen) atoms. The molecule has 0 radical (unpaired) electrons. The van der Waals surface area contributed by atoms with Crippen molar-refractivity contribution < 1.29 is 22.0 Å². The molecule has 0 saturated heterocycles. The Kier molecular flexibility index (Phi) is 3.02. The number of alkyl halides is 3. The lowest BCUT2D eigenvalue weighted by Gasteiger charge is -2.12. The summed E-state index contributed by atoms with van der Waals surface area (Å²) >= 11 is 0. The van der Waals surface area contributed by atoms with Crippen molar-refractivity contribution in [2.75, 3.05) is 0 Å². The van der Waals surface area contributed by atoms with E-state index in [9.17, 15) is 22.0 Å². The monoisotopic (exact) mass is 259 g/mol. The zero-order chi connectivity index (χ0) is 13.3. The van der Waals surface area contributed by atoms with Crippen molar-refractivity contribution in [2.45, 2.75) is 6.18 Å². The Morgan fingerprint density at radius 1 is 1.00 bits per heavy atom. The van der Waals surface area contributed by atoms with Crippen molar-refractivity contribution in [1.82, 2.24) is 4.98 Å². The van der Waals surface area contributed by atoms with Crippen LogP contribution in [0.1, 0.15) is 5.56 Å². The average Bonchev–Trinajstić information content (AvgIpc) is 2.28. The Morgan fingerprint density at radius 3 is 2.28 bits per heavy atom. The molecule has 94 valence electrons. The van der Waals surface area contributed by atoms with E-state index in [1.165, 1.54) is 12.1 Å². The van der Waals surface area contributed by atoms with Crippen molar-refractivity contribution in [3.63, 3.8) is 0 Å². The maximum Gasteiger partial charge on any atom is 0.417 e. The van der Waals surface area contributed by atoms with Crippen LogP contribution in [0.15, 0.2) is 36.5 Å². The quantitative estimate of drug-likeness (QED) is 0.704. The molecule has 2 aromatic rings. The molecule has 0 N–H and O–H groups in total. The van der Waals surface area contributed by atoms with Gasteiger partial charge < -0.3 is 0 Å². The number of hydrogen-bond donors (Lipinski definition) is 0. The molecule has 2 rings (SSSR count). The van der Waals surface area contributed by atoms with Crippen molar-refractivity contribution >= 4 is 0 Å². The second-order valence-electron chi connectivity index (χ2n) is 3.53. The van der Waals surface area contributed by atoms with Crippen LogP contribution in [0.4, 0.5) is 22.0 Å². The first-order valence-electron chi connectivity index (χ1n) is 4.87. The van der Waals surface area contributed by atoms with E-state index >= 15 is 0 Å². The fourth-order valence-electron chi connectivity index (χ4n) is 1.55. The Bertz CT molecular complexity index is 577. The van der Waals surface area contributed by atoms with E-state index in [2.05, 4.69) is 4.98 Å². The van der Waals surface area contributed by atoms with Gasteiger partial charge in [-0.25, -0.2) is 8.78 Å². The maximum atomic E-state index is 13.4. The third-order valence-electron chi connectivity index (χ3n) is 2.30. The van der Waals surface area contributed by atoms with Crippen LogP contribution >= 0.6 is 0 Å². The Balaban J connectivity index is 2.64. The predicted molar refractivity (Wildman–Crippen MR) is 54.6 cm³/mol. The van der Waals surface area contributed by atoms with Crippen molar-refractivity contribution in [1.29, 1.82) is 0 Å². The van der Waals surface area contributed by atoms with Gasteiger partial charge in [0, 0.05) is 11.6 Å². The van der Waals surface area contributed by atoms with Crippen LogP contribution in [0, 0.1) is 11.6 Å². The standard InChI is InChI=1S/C12H6F5N/c13-7-5-10(14)11(18-6-7)8-3-1-2-4-9(8)12(15,16)17/h1-6H. The number of hydrogen-bond acceptors (Lipinski definition) is 1. The highest BCUT2D eigenvalue weighted by molar-refractivity contribution is 5.64. The second-order valence-corrected chi connectivity index (χ2v) is 3.53. The minimum atomic E-state index is -4.63. The number of rotatable bonds is 1. The molecule has 6 heteroatoms. The lowest BCUT2D eigenvalue weighted by atomic mass is 10.0. The van der Waals surface area contributed by atoms with Crippen LogP contribution in [0.5, 0.6) is 0 Å².